The Bertz CT molecular complexity index is 3480. The van der Waals surface area contributed by atoms with Crippen LogP contribution in [0.4, 0.5) is 34.1 Å². The SMILES string of the molecule is CCCCOc1ccc(N(c2ccc(-c3ccc(N(c4ccc(OCCCC)cc4)c4ccc(-n5c6ccccc6c6ccccc65)cc4)cc3)cc2)c2ccc(-n3c4ccccc4c4ccccc43)cc2)cc1. The molecule has 0 fully saturated rings. The third-order valence-electron chi connectivity index (χ3n) is 14.2. The fourth-order valence-electron chi connectivity index (χ4n) is 10.5. The molecule has 0 saturated heterocycles. The first kappa shape index (κ1) is 46.1. The Hall–Kier alpha value is -9.00. The van der Waals surface area contributed by atoms with Crippen molar-refractivity contribution in [3.63, 3.8) is 0 Å². The molecule has 0 aliphatic heterocycles. The van der Waals surface area contributed by atoms with E-state index >= 15 is 0 Å². The summed E-state index contributed by atoms with van der Waals surface area (Å²) in [4.78, 5) is 4.64. The third-order valence-corrected chi connectivity index (χ3v) is 14.2. The zero-order valence-corrected chi connectivity index (χ0v) is 41.9. The number of aromatic nitrogens is 2. The van der Waals surface area contributed by atoms with Crippen molar-refractivity contribution in [2.75, 3.05) is 23.0 Å². The van der Waals surface area contributed by atoms with E-state index in [1.165, 1.54) is 43.6 Å². The van der Waals surface area contributed by atoms with Crippen LogP contribution in [-0.4, -0.2) is 22.3 Å². The van der Waals surface area contributed by atoms with Gasteiger partial charge in [0.25, 0.3) is 0 Å². The van der Waals surface area contributed by atoms with Crippen LogP contribution in [-0.2, 0) is 0 Å². The minimum Gasteiger partial charge on any atom is -0.494 e. The molecule has 10 aromatic carbocycles. The first-order valence-electron chi connectivity index (χ1n) is 26.1. The Labute approximate surface area is 433 Å². The largest absolute Gasteiger partial charge is 0.494 e. The van der Waals surface area contributed by atoms with Crippen molar-refractivity contribution < 1.29 is 9.47 Å². The molecule has 362 valence electrons. The molecule has 6 nitrogen and oxygen atoms in total. The number of para-hydroxylation sites is 4. The Balaban J connectivity index is 0.862. The normalized spacial score (nSPS) is 11.4. The van der Waals surface area contributed by atoms with E-state index in [1.54, 1.807) is 0 Å². The summed E-state index contributed by atoms with van der Waals surface area (Å²) >= 11 is 0. The number of fused-ring (bicyclic) bond motifs is 6. The Morgan fingerprint density at radius 3 is 0.838 bits per heavy atom. The number of rotatable bonds is 17. The summed E-state index contributed by atoms with van der Waals surface area (Å²) in [6.45, 7) is 5.80. The molecule has 0 aliphatic rings. The van der Waals surface area contributed by atoms with Gasteiger partial charge in [-0.15, -0.1) is 0 Å². The monoisotopic (exact) mass is 962 g/mol. The summed E-state index contributed by atoms with van der Waals surface area (Å²) < 4.78 is 16.9. The lowest BCUT2D eigenvalue weighted by molar-refractivity contribution is 0.309. The number of hydrogen-bond acceptors (Lipinski definition) is 4. The van der Waals surface area contributed by atoms with Crippen molar-refractivity contribution in [1.82, 2.24) is 9.13 Å². The zero-order chi connectivity index (χ0) is 49.8. The molecule has 0 N–H and O–H groups in total. The van der Waals surface area contributed by atoms with Gasteiger partial charge in [-0.3, -0.25) is 0 Å². The average molecular weight is 963 g/mol. The summed E-state index contributed by atoms with van der Waals surface area (Å²) in [5.74, 6) is 1.76. The highest BCUT2D eigenvalue weighted by Gasteiger charge is 2.19. The van der Waals surface area contributed by atoms with Crippen LogP contribution < -0.4 is 19.3 Å². The average Bonchev–Trinajstić information content (AvgIpc) is 3.98. The summed E-state index contributed by atoms with van der Waals surface area (Å²) in [6.07, 6.45) is 4.25. The molecule has 0 atom stereocenters. The van der Waals surface area contributed by atoms with E-state index < -0.39 is 0 Å². The molecule has 2 aromatic heterocycles. The predicted molar refractivity (Wildman–Crippen MR) is 311 cm³/mol. The molecule has 74 heavy (non-hydrogen) atoms. The van der Waals surface area contributed by atoms with Gasteiger partial charge >= 0.3 is 0 Å². The van der Waals surface area contributed by atoms with Crippen LogP contribution in [0.15, 0.2) is 243 Å². The van der Waals surface area contributed by atoms with Crippen LogP contribution >= 0.6 is 0 Å². The molecule has 12 aromatic rings. The second kappa shape index (κ2) is 20.6. The molecule has 2 heterocycles. The second-order valence-electron chi connectivity index (χ2n) is 18.9. The van der Waals surface area contributed by atoms with Crippen LogP contribution in [0.25, 0.3) is 66.1 Å². The first-order valence-corrected chi connectivity index (χ1v) is 26.1. The molecule has 0 aliphatic carbocycles. The van der Waals surface area contributed by atoms with E-state index in [0.29, 0.717) is 13.2 Å². The highest BCUT2D eigenvalue weighted by molar-refractivity contribution is 6.10. The van der Waals surface area contributed by atoms with Crippen LogP contribution in [0.1, 0.15) is 39.5 Å². The maximum absolute atomic E-state index is 6.09. The predicted octanol–water partition coefficient (Wildman–Crippen LogP) is 18.8. The van der Waals surface area contributed by atoms with Crippen LogP contribution in [0, 0.1) is 0 Å². The molecule has 0 saturated carbocycles. The van der Waals surface area contributed by atoms with Gasteiger partial charge in [0, 0.05) is 67.0 Å². The van der Waals surface area contributed by atoms with E-state index in [0.717, 1.165) is 93.8 Å². The van der Waals surface area contributed by atoms with Gasteiger partial charge in [-0.2, -0.15) is 0 Å². The maximum atomic E-state index is 6.09. The maximum Gasteiger partial charge on any atom is 0.119 e. The lowest BCUT2D eigenvalue weighted by Gasteiger charge is -2.27. The van der Waals surface area contributed by atoms with E-state index in [1.807, 2.05) is 0 Å². The number of anilines is 6. The summed E-state index contributed by atoms with van der Waals surface area (Å²) in [5, 5.41) is 5.01. The molecule has 12 rings (SSSR count). The van der Waals surface area contributed by atoms with Gasteiger partial charge in [-0.05, 0) is 170 Å². The molecule has 0 radical (unpaired) electrons. The molecule has 6 heteroatoms. The summed E-state index contributed by atoms with van der Waals surface area (Å²) in [5.41, 5.74) is 15.7. The number of benzene rings is 10. The lowest BCUT2D eigenvalue weighted by Crippen LogP contribution is -2.10. The van der Waals surface area contributed by atoms with Crippen molar-refractivity contribution in [2.45, 2.75) is 39.5 Å². The third kappa shape index (κ3) is 8.90. The van der Waals surface area contributed by atoms with Gasteiger partial charge in [0.05, 0.1) is 35.3 Å². The van der Waals surface area contributed by atoms with E-state index in [9.17, 15) is 0 Å². The van der Waals surface area contributed by atoms with Crippen molar-refractivity contribution >= 4 is 77.7 Å². The smallest absolute Gasteiger partial charge is 0.119 e. The van der Waals surface area contributed by atoms with Crippen molar-refractivity contribution in [3.8, 4) is 34.0 Å². The van der Waals surface area contributed by atoms with Gasteiger partial charge in [-0.1, -0.05) is 124 Å². The number of unbranched alkanes of at least 4 members (excludes halogenated alkanes) is 2. The molecule has 0 amide bonds. The standard InChI is InChI=1S/C68H58N4O2/c1-3-5-47-73-59-43-39-55(40-44-59)69(53-31-35-57(36-32-53)71-65-19-11-7-15-61(65)62-16-8-12-20-66(62)71)51-27-23-49(24-28-51)50-25-29-52(30-26-50)70(56-41-45-60(46-42-56)74-48-6-4-2)54-33-37-58(38-34-54)72-67-21-13-9-17-63(67)64-18-10-14-22-68(64)72/h7-46H,3-6,47-48H2,1-2H3. The van der Waals surface area contributed by atoms with Crippen molar-refractivity contribution in [2.24, 2.45) is 0 Å². The van der Waals surface area contributed by atoms with Crippen molar-refractivity contribution in [3.05, 3.63) is 243 Å². The van der Waals surface area contributed by atoms with Crippen LogP contribution in [0.2, 0.25) is 0 Å². The van der Waals surface area contributed by atoms with Gasteiger partial charge < -0.3 is 28.4 Å². The van der Waals surface area contributed by atoms with Gasteiger partial charge in [0.2, 0.25) is 0 Å². The van der Waals surface area contributed by atoms with Crippen LogP contribution in [0.3, 0.4) is 0 Å². The zero-order valence-electron chi connectivity index (χ0n) is 41.9. The fourth-order valence-corrected chi connectivity index (χ4v) is 10.5. The molecular formula is C68H58N4O2. The van der Waals surface area contributed by atoms with E-state index in [2.05, 4.69) is 275 Å². The first-order chi connectivity index (χ1) is 36.6. The molecule has 0 bridgehead atoms. The van der Waals surface area contributed by atoms with Crippen molar-refractivity contribution in [1.29, 1.82) is 0 Å². The Kier molecular flexibility index (Phi) is 12.8. The fraction of sp³-hybridized carbons (Fsp3) is 0.118. The second-order valence-corrected chi connectivity index (χ2v) is 18.9. The lowest BCUT2D eigenvalue weighted by atomic mass is 10.0. The molecular weight excluding hydrogens is 905 g/mol. The van der Waals surface area contributed by atoms with Gasteiger partial charge in [-0.25, -0.2) is 0 Å². The highest BCUT2D eigenvalue weighted by Crippen LogP contribution is 2.41. The molecule has 0 unspecified atom stereocenters. The Morgan fingerprint density at radius 1 is 0.297 bits per heavy atom. The van der Waals surface area contributed by atoms with E-state index in [-0.39, 0.29) is 0 Å². The molecule has 0 spiro atoms. The minimum absolute atomic E-state index is 0.712. The number of hydrogen-bond donors (Lipinski definition) is 0. The Morgan fingerprint density at radius 2 is 0.554 bits per heavy atom. The van der Waals surface area contributed by atoms with Gasteiger partial charge in [0.1, 0.15) is 11.5 Å². The quantitative estimate of drug-likeness (QED) is 0.0852. The van der Waals surface area contributed by atoms with Crippen LogP contribution in [0.5, 0.6) is 11.5 Å². The number of ether oxygens (including phenoxy) is 2. The number of nitrogens with zero attached hydrogens (tertiary/aromatic N) is 4. The highest BCUT2D eigenvalue weighted by atomic mass is 16.5. The van der Waals surface area contributed by atoms with Gasteiger partial charge in [0.15, 0.2) is 0 Å². The summed E-state index contributed by atoms with van der Waals surface area (Å²) in [7, 11) is 0. The minimum atomic E-state index is 0.712. The van der Waals surface area contributed by atoms with E-state index in [4.69, 9.17) is 9.47 Å². The topological polar surface area (TPSA) is 34.8 Å². The summed E-state index contributed by atoms with van der Waals surface area (Å²) in [6, 6.07) is 87.3.